The second kappa shape index (κ2) is 7.32. The number of hydrogen-bond donors (Lipinski definition) is 2. The predicted molar refractivity (Wildman–Crippen MR) is 84.5 cm³/mol. The van der Waals surface area contributed by atoms with Crippen LogP contribution in [-0.2, 0) is 10.0 Å². The highest BCUT2D eigenvalue weighted by atomic mass is 32.2. The minimum atomic E-state index is -3.17. The summed E-state index contributed by atoms with van der Waals surface area (Å²) in [4.78, 5) is 12.5. The molecule has 0 unspecified atom stereocenters. The van der Waals surface area contributed by atoms with E-state index < -0.39 is 10.0 Å². The summed E-state index contributed by atoms with van der Waals surface area (Å²) in [6.07, 6.45) is 5.58. The quantitative estimate of drug-likeness (QED) is 0.694. The van der Waals surface area contributed by atoms with E-state index >= 15 is 0 Å². The van der Waals surface area contributed by atoms with Crippen molar-refractivity contribution in [3.63, 3.8) is 0 Å². The molecule has 0 aliphatic carbocycles. The molecule has 0 amide bonds. The Morgan fingerprint density at radius 2 is 2.05 bits per heavy atom. The normalized spacial score (nSPS) is 11.5. The summed E-state index contributed by atoms with van der Waals surface area (Å²) in [5.41, 5.74) is 0. The van der Waals surface area contributed by atoms with Gasteiger partial charge in [0, 0.05) is 31.5 Å². The number of nitrogens with zero attached hydrogens (tertiary/aromatic N) is 4. The highest BCUT2D eigenvalue weighted by molar-refractivity contribution is 7.89. The summed E-state index contributed by atoms with van der Waals surface area (Å²) in [6.45, 7) is 4.48. The fraction of sp³-hybridized carbons (Fsp3) is 0.462. The number of sulfonamides is 1. The van der Waals surface area contributed by atoms with Gasteiger partial charge in [0.25, 0.3) is 0 Å². The third-order valence-electron chi connectivity index (χ3n) is 2.95. The molecule has 0 aliphatic rings. The average Bonchev–Trinajstić information content (AvgIpc) is 2.90. The zero-order chi connectivity index (χ0) is 16.0. The van der Waals surface area contributed by atoms with Gasteiger partial charge in [0.2, 0.25) is 10.0 Å². The minimum absolute atomic E-state index is 0.143. The van der Waals surface area contributed by atoms with Gasteiger partial charge in [-0.3, -0.25) is 4.57 Å². The number of imidazole rings is 1. The molecule has 0 bridgehead atoms. The van der Waals surface area contributed by atoms with E-state index in [9.17, 15) is 8.42 Å². The van der Waals surface area contributed by atoms with E-state index in [1.165, 1.54) is 6.33 Å². The Kier molecular flexibility index (Phi) is 5.45. The first-order valence-electron chi connectivity index (χ1n) is 7.05. The summed E-state index contributed by atoms with van der Waals surface area (Å²) in [6, 6.07) is 1.79. The van der Waals surface area contributed by atoms with Crippen LogP contribution in [0.4, 0.5) is 5.82 Å². The van der Waals surface area contributed by atoms with Crippen LogP contribution in [0.3, 0.4) is 0 Å². The third kappa shape index (κ3) is 4.50. The zero-order valence-corrected chi connectivity index (χ0v) is 13.5. The molecule has 22 heavy (non-hydrogen) atoms. The van der Waals surface area contributed by atoms with E-state index in [1.807, 2.05) is 24.6 Å². The standard InChI is InChI=1S/C13H20N6O2S/c1-3-8-22(20,21)18-5-4-15-12-9-13(17-10-16-12)19-7-6-14-11(19)2/h6-7,9-10,18H,3-5,8H2,1-2H3,(H,15,16,17). The summed E-state index contributed by atoms with van der Waals surface area (Å²) in [5.74, 6) is 2.31. The number of anilines is 1. The molecular formula is C13H20N6O2S. The summed E-state index contributed by atoms with van der Waals surface area (Å²) in [5, 5.41) is 3.07. The molecule has 0 radical (unpaired) electrons. The third-order valence-corrected chi connectivity index (χ3v) is 4.54. The van der Waals surface area contributed by atoms with Crippen LogP contribution in [0.25, 0.3) is 5.82 Å². The van der Waals surface area contributed by atoms with Crippen LogP contribution in [0.2, 0.25) is 0 Å². The largest absolute Gasteiger partial charge is 0.369 e. The first-order chi connectivity index (χ1) is 10.5. The van der Waals surface area contributed by atoms with Crippen molar-refractivity contribution in [3.8, 4) is 5.82 Å². The highest BCUT2D eigenvalue weighted by Crippen LogP contribution is 2.10. The Bertz CT molecular complexity index is 713. The maximum Gasteiger partial charge on any atom is 0.211 e. The Balaban J connectivity index is 1.91. The molecular weight excluding hydrogens is 304 g/mol. The van der Waals surface area contributed by atoms with Gasteiger partial charge in [0.1, 0.15) is 23.8 Å². The molecule has 0 saturated heterocycles. The number of rotatable bonds is 8. The van der Waals surface area contributed by atoms with Gasteiger partial charge < -0.3 is 5.32 Å². The summed E-state index contributed by atoms with van der Waals surface area (Å²) >= 11 is 0. The van der Waals surface area contributed by atoms with Gasteiger partial charge in [-0.15, -0.1) is 0 Å². The Morgan fingerprint density at radius 1 is 1.23 bits per heavy atom. The molecule has 0 aliphatic heterocycles. The lowest BCUT2D eigenvalue weighted by Crippen LogP contribution is -2.30. The molecule has 2 heterocycles. The highest BCUT2D eigenvalue weighted by Gasteiger charge is 2.07. The van der Waals surface area contributed by atoms with Crippen LogP contribution in [0.15, 0.2) is 24.8 Å². The van der Waals surface area contributed by atoms with Gasteiger partial charge >= 0.3 is 0 Å². The lowest BCUT2D eigenvalue weighted by Gasteiger charge is -2.09. The smallest absolute Gasteiger partial charge is 0.211 e. The number of aromatic nitrogens is 4. The summed E-state index contributed by atoms with van der Waals surface area (Å²) in [7, 11) is -3.17. The SMILES string of the molecule is CCCS(=O)(=O)NCCNc1cc(-n2ccnc2C)ncn1. The van der Waals surface area contributed by atoms with Crippen molar-refractivity contribution in [1.82, 2.24) is 24.2 Å². The predicted octanol–water partition coefficient (Wildman–Crippen LogP) is 0.712. The maximum atomic E-state index is 11.5. The van der Waals surface area contributed by atoms with Gasteiger partial charge in [-0.05, 0) is 13.3 Å². The van der Waals surface area contributed by atoms with Crippen molar-refractivity contribution in [2.24, 2.45) is 0 Å². The zero-order valence-electron chi connectivity index (χ0n) is 12.7. The van der Waals surface area contributed by atoms with Gasteiger partial charge in [-0.2, -0.15) is 0 Å². The molecule has 0 spiro atoms. The van der Waals surface area contributed by atoms with Crippen molar-refractivity contribution in [2.45, 2.75) is 20.3 Å². The molecule has 8 nitrogen and oxygen atoms in total. The van der Waals surface area contributed by atoms with Crippen LogP contribution >= 0.6 is 0 Å². The Morgan fingerprint density at radius 3 is 2.73 bits per heavy atom. The molecule has 9 heteroatoms. The molecule has 2 aromatic heterocycles. The molecule has 120 valence electrons. The monoisotopic (exact) mass is 324 g/mol. The van der Waals surface area contributed by atoms with E-state index in [2.05, 4.69) is 25.0 Å². The van der Waals surface area contributed by atoms with E-state index in [1.54, 1.807) is 12.3 Å². The maximum absolute atomic E-state index is 11.5. The second-order valence-electron chi connectivity index (χ2n) is 4.75. The van der Waals surface area contributed by atoms with Crippen molar-refractivity contribution < 1.29 is 8.42 Å². The van der Waals surface area contributed by atoms with E-state index in [0.717, 1.165) is 5.82 Å². The summed E-state index contributed by atoms with van der Waals surface area (Å²) < 4.78 is 27.4. The molecule has 0 saturated carbocycles. The second-order valence-corrected chi connectivity index (χ2v) is 6.67. The number of hydrogen-bond acceptors (Lipinski definition) is 6. The first kappa shape index (κ1) is 16.4. The van der Waals surface area contributed by atoms with Crippen LogP contribution in [0.5, 0.6) is 0 Å². The van der Waals surface area contributed by atoms with Crippen molar-refractivity contribution >= 4 is 15.8 Å². The van der Waals surface area contributed by atoms with Crippen LogP contribution in [-0.4, -0.2) is 46.8 Å². The molecule has 2 N–H and O–H groups in total. The van der Waals surface area contributed by atoms with Crippen LogP contribution in [0.1, 0.15) is 19.2 Å². The van der Waals surface area contributed by atoms with E-state index in [0.29, 0.717) is 31.1 Å². The van der Waals surface area contributed by atoms with Crippen molar-refractivity contribution in [1.29, 1.82) is 0 Å². The molecule has 0 aromatic carbocycles. The molecule has 0 fully saturated rings. The van der Waals surface area contributed by atoms with E-state index in [4.69, 9.17) is 0 Å². The van der Waals surface area contributed by atoms with Gasteiger partial charge in [-0.25, -0.2) is 28.1 Å². The van der Waals surface area contributed by atoms with E-state index in [-0.39, 0.29) is 5.75 Å². The lowest BCUT2D eigenvalue weighted by atomic mass is 10.5. The van der Waals surface area contributed by atoms with Crippen LogP contribution in [0, 0.1) is 6.92 Å². The molecule has 0 atom stereocenters. The van der Waals surface area contributed by atoms with Crippen LogP contribution < -0.4 is 10.0 Å². The first-order valence-corrected chi connectivity index (χ1v) is 8.70. The minimum Gasteiger partial charge on any atom is -0.369 e. The molecule has 2 rings (SSSR count). The fourth-order valence-electron chi connectivity index (χ4n) is 1.93. The topological polar surface area (TPSA) is 102 Å². The Labute approximate surface area is 130 Å². The van der Waals surface area contributed by atoms with Crippen molar-refractivity contribution in [3.05, 3.63) is 30.6 Å². The average molecular weight is 324 g/mol. The number of aryl methyl sites for hydroxylation is 1. The van der Waals surface area contributed by atoms with Crippen molar-refractivity contribution in [2.75, 3.05) is 24.2 Å². The van der Waals surface area contributed by atoms with Gasteiger partial charge in [-0.1, -0.05) is 6.92 Å². The fourth-order valence-corrected chi connectivity index (χ4v) is 3.03. The lowest BCUT2D eigenvalue weighted by molar-refractivity contribution is 0.581. The van der Waals surface area contributed by atoms with Gasteiger partial charge in [0.15, 0.2) is 0 Å². The van der Waals surface area contributed by atoms with Gasteiger partial charge in [0.05, 0.1) is 5.75 Å². The number of nitrogens with one attached hydrogen (secondary N) is 2. The Hall–Kier alpha value is -2.00. The molecule has 2 aromatic rings.